The van der Waals surface area contributed by atoms with Gasteiger partial charge in [-0.2, -0.15) is 13.2 Å². The van der Waals surface area contributed by atoms with Crippen LogP contribution in [-0.4, -0.2) is 24.1 Å². The van der Waals surface area contributed by atoms with Gasteiger partial charge >= 0.3 is 18.0 Å². The summed E-state index contributed by atoms with van der Waals surface area (Å²) in [4.78, 5) is 36.2. The van der Waals surface area contributed by atoms with Crippen LogP contribution in [0, 0.1) is 0 Å². The predicted octanol–water partition coefficient (Wildman–Crippen LogP) is 3.27. The Bertz CT molecular complexity index is 831. The Morgan fingerprint density at radius 1 is 1.04 bits per heavy atom. The third-order valence-electron chi connectivity index (χ3n) is 3.35. The van der Waals surface area contributed by atoms with Crippen LogP contribution in [0.1, 0.15) is 27.0 Å². The first-order valence-corrected chi connectivity index (χ1v) is 8.35. The third kappa shape index (κ3) is 5.16. The van der Waals surface area contributed by atoms with Gasteiger partial charge in [0.2, 0.25) is 0 Å². The summed E-state index contributed by atoms with van der Waals surface area (Å²) in [5.41, 5.74) is -1.51. The maximum absolute atomic E-state index is 12.9. The number of carbonyl (C=O) groups is 3. The number of halogens is 3. The van der Waals surface area contributed by atoms with Crippen LogP contribution < -0.4 is 10.6 Å². The quantitative estimate of drug-likeness (QED) is 0.614. The normalized spacial score (nSPS) is 11.1. The number of amides is 2. The van der Waals surface area contributed by atoms with Gasteiger partial charge in [-0.15, -0.1) is 11.3 Å². The Hall–Kier alpha value is -2.68. The van der Waals surface area contributed by atoms with Crippen molar-refractivity contribution >= 4 is 34.6 Å². The molecule has 0 saturated heterocycles. The van der Waals surface area contributed by atoms with Crippen molar-refractivity contribution in [3.05, 3.63) is 51.7 Å². The largest absolute Gasteiger partial charge is 0.418 e. The first-order valence-electron chi connectivity index (χ1n) is 7.53. The highest BCUT2D eigenvalue weighted by atomic mass is 32.1. The molecule has 2 N–H and O–H groups in total. The van der Waals surface area contributed by atoms with Crippen LogP contribution in [0.2, 0.25) is 0 Å². The lowest BCUT2D eigenvalue weighted by atomic mass is 10.1. The number of hydrogen-bond donors (Lipinski definition) is 2. The van der Waals surface area contributed by atoms with Crippen molar-refractivity contribution in [2.75, 3.05) is 11.9 Å². The zero-order valence-electron chi connectivity index (χ0n) is 13.6. The van der Waals surface area contributed by atoms with E-state index in [-0.39, 0.29) is 12.3 Å². The zero-order chi connectivity index (χ0) is 19.3. The fraction of sp³-hybridized carbons (Fsp3) is 0.235. The van der Waals surface area contributed by atoms with E-state index in [4.69, 9.17) is 0 Å². The molecule has 0 atom stereocenters. The number of alkyl halides is 3. The van der Waals surface area contributed by atoms with E-state index in [1.54, 1.807) is 12.1 Å². The van der Waals surface area contributed by atoms with Crippen LogP contribution in [0.3, 0.4) is 0 Å². The van der Waals surface area contributed by atoms with E-state index in [9.17, 15) is 27.6 Å². The maximum Gasteiger partial charge on any atom is 0.418 e. The number of nitrogens with one attached hydrogen (secondary N) is 2. The molecule has 0 spiro atoms. The Kier molecular flexibility index (Phi) is 6.14. The second kappa shape index (κ2) is 8.13. The van der Waals surface area contributed by atoms with Crippen molar-refractivity contribution < 1.29 is 27.6 Å². The van der Waals surface area contributed by atoms with Crippen molar-refractivity contribution in [3.63, 3.8) is 0 Å². The molecular weight excluding hydrogens is 369 g/mol. The van der Waals surface area contributed by atoms with Gasteiger partial charge in [-0.1, -0.05) is 12.1 Å². The summed E-state index contributed by atoms with van der Waals surface area (Å²) in [6.45, 7) is 1.56. The minimum atomic E-state index is -4.64. The summed E-state index contributed by atoms with van der Waals surface area (Å²) >= 11 is 1.28. The molecule has 0 saturated carbocycles. The molecule has 0 aliphatic rings. The molecule has 0 aliphatic carbocycles. The Balaban J connectivity index is 1.90. The van der Waals surface area contributed by atoms with Crippen LogP contribution in [0.25, 0.3) is 0 Å². The molecule has 138 valence electrons. The van der Waals surface area contributed by atoms with Crippen LogP contribution in [0.5, 0.6) is 0 Å². The van der Waals surface area contributed by atoms with Gasteiger partial charge in [0.05, 0.1) is 16.1 Å². The third-order valence-corrected chi connectivity index (χ3v) is 4.60. The Labute approximate surface area is 151 Å². The highest BCUT2D eigenvalue weighted by molar-refractivity contribution is 7.14. The lowest BCUT2D eigenvalue weighted by Gasteiger charge is -2.13. The van der Waals surface area contributed by atoms with Crippen LogP contribution in [-0.2, 0) is 22.2 Å². The van der Waals surface area contributed by atoms with E-state index < -0.39 is 29.2 Å². The zero-order valence-corrected chi connectivity index (χ0v) is 14.5. The molecule has 0 unspecified atom stereocenters. The van der Waals surface area contributed by atoms with Crippen molar-refractivity contribution in [1.29, 1.82) is 0 Å². The number of carbonyl (C=O) groups excluding carboxylic acids is 3. The average molecular weight is 384 g/mol. The number of Topliss-reactive ketones (excluding diaryl/α,β-unsaturated/α-hetero) is 1. The summed E-state index contributed by atoms with van der Waals surface area (Å²) in [5, 5.41) is 4.31. The summed E-state index contributed by atoms with van der Waals surface area (Å²) in [6, 6.07) is 7.82. The van der Waals surface area contributed by atoms with E-state index in [0.717, 1.165) is 17.0 Å². The van der Waals surface area contributed by atoms with Crippen molar-refractivity contribution in [2.24, 2.45) is 0 Å². The van der Waals surface area contributed by atoms with Crippen LogP contribution in [0.15, 0.2) is 36.4 Å². The molecule has 0 fully saturated rings. The number of rotatable bonds is 5. The fourth-order valence-corrected chi connectivity index (χ4v) is 3.00. The van der Waals surface area contributed by atoms with Crippen molar-refractivity contribution in [3.8, 4) is 0 Å². The maximum atomic E-state index is 12.9. The molecule has 0 bridgehead atoms. The molecule has 1 aromatic carbocycles. The van der Waals surface area contributed by atoms with E-state index in [0.29, 0.717) is 11.3 Å². The summed E-state index contributed by atoms with van der Waals surface area (Å²) in [7, 11) is 0. The number of ketones is 1. The predicted molar refractivity (Wildman–Crippen MR) is 91.1 cm³/mol. The number of hydrogen-bond acceptors (Lipinski definition) is 4. The van der Waals surface area contributed by atoms with Crippen molar-refractivity contribution in [1.82, 2.24) is 5.32 Å². The van der Waals surface area contributed by atoms with Gasteiger partial charge < -0.3 is 10.6 Å². The molecule has 1 heterocycles. The second-order valence-electron chi connectivity index (χ2n) is 5.33. The number of para-hydroxylation sites is 1. The lowest BCUT2D eigenvalue weighted by molar-refractivity contribution is -0.138. The van der Waals surface area contributed by atoms with Gasteiger partial charge in [0.25, 0.3) is 0 Å². The lowest BCUT2D eigenvalue weighted by Crippen LogP contribution is -2.36. The smallest absolute Gasteiger partial charge is 0.347 e. The molecule has 0 aliphatic heterocycles. The molecule has 2 rings (SSSR count). The highest BCUT2D eigenvalue weighted by Crippen LogP contribution is 2.34. The summed E-state index contributed by atoms with van der Waals surface area (Å²) in [5.74, 6) is -2.28. The summed E-state index contributed by atoms with van der Waals surface area (Å²) in [6.07, 6.45) is -4.25. The van der Waals surface area contributed by atoms with E-state index in [1.807, 2.05) is 5.32 Å². The van der Waals surface area contributed by atoms with Gasteiger partial charge in [-0.3, -0.25) is 14.4 Å². The first kappa shape index (κ1) is 19.6. The second-order valence-corrected chi connectivity index (χ2v) is 6.49. The van der Waals surface area contributed by atoms with Gasteiger partial charge in [-0.05, 0) is 37.6 Å². The topological polar surface area (TPSA) is 75.3 Å². The van der Waals surface area contributed by atoms with Gasteiger partial charge in [0, 0.05) is 11.4 Å². The molecule has 2 aromatic rings. The van der Waals surface area contributed by atoms with E-state index in [2.05, 4.69) is 5.32 Å². The summed E-state index contributed by atoms with van der Waals surface area (Å²) < 4.78 is 38.6. The average Bonchev–Trinajstić information content (AvgIpc) is 3.03. The van der Waals surface area contributed by atoms with Crippen molar-refractivity contribution in [2.45, 2.75) is 19.5 Å². The minimum Gasteiger partial charge on any atom is -0.347 e. The van der Waals surface area contributed by atoms with Crippen LogP contribution >= 0.6 is 11.3 Å². The monoisotopic (exact) mass is 384 g/mol. The number of benzene rings is 1. The Morgan fingerprint density at radius 2 is 1.73 bits per heavy atom. The molecule has 0 radical (unpaired) electrons. The number of anilines is 1. The molecule has 2 amide bonds. The molecule has 9 heteroatoms. The van der Waals surface area contributed by atoms with Gasteiger partial charge in [0.15, 0.2) is 5.78 Å². The van der Waals surface area contributed by atoms with Gasteiger partial charge in [0.1, 0.15) is 0 Å². The Morgan fingerprint density at radius 3 is 2.35 bits per heavy atom. The molecule has 5 nitrogen and oxygen atoms in total. The standard InChI is InChI=1S/C17H15F3N2O3S/c1-10(23)14-7-6-11(26-14)8-9-21-15(24)16(25)22-13-5-3-2-4-12(13)17(18,19)20/h2-7H,8-9H2,1H3,(H,21,24)(H,22,25). The minimum absolute atomic E-state index is 0.0620. The van der Waals surface area contributed by atoms with E-state index in [1.165, 1.54) is 30.4 Å². The first-order chi connectivity index (χ1) is 12.2. The number of thiophene rings is 1. The molecular formula is C17H15F3N2O3S. The SMILES string of the molecule is CC(=O)c1ccc(CCNC(=O)C(=O)Nc2ccccc2C(F)(F)F)s1. The fourth-order valence-electron chi connectivity index (χ4n) is 2.10. The van der Waals surface area contributed by atoms with E-state index >= 15 is 0 Å². The molecule has 26 heavy (non-hydrogen) atoms. The van der Waals surface area contributed by atoms with Gasteiger partial charge in [-0.25, -0.2) is 0 Å². The highest BCUT2D eigenvalue weighted by Gasteiger charge is 2.34. The van der Waals surface area contributed by atoms with Crippen LogP contribution in [0.4, 0.5) is 18.9 Å². The molecule has 1 aromatic heterocycles.